The molecule has 2 rings (SSSR count). The van der Waals surface area contributed by atoms with Crippen molar-refractivity contribution in [2.45, 2.75) is 13.8 Å². The first-order valence-corrected chi connectivity index (χ1v) is 8.59. The summed E-state index contributed by atoms with van der Waals surface area (Å²) >= 11 is 0. The highest BCUT2D eigenvalue weighted by molar-refractivity contribution is 5.93. The minimum absolute atomic E-state index is 0.190. The lowest BCUT2D eigenvalue weighted by Crippen LogP contribution is -2.16. The van der Waals surface area contributed by atoms with Crippen LogP contribution in [0.5, 0.6) is 0 Å². The third-order valence-electron chi connectivity index (χ3n) is 4.07. The minimum Gasteiger partial charge on any atom is -0.375 e. The van der Waals surface area contributed by atoms with E-state index < -0.39 is 26.9 Å². The summed E-state index contributed by atoms with van der Waals surface area (Å²) in [7, 11) is 1.85. The number of rotatable bonds is 7. The molecule has 1 N–H and O–H groups in total. The van der Waals surface area contributed by atoms with Crippen LogP contribution in [0.4, 0.5) is 34.1 Å². The van der Waals surface area contributed by atoms with Crippen molar-refractivity contribution >= 4 is 40.0 Å². The van der Waals surface area contributed by atoms with Crippen molar-refractivity contribution < 1.29 is 14.6 Å². The Bertz CT molecular complexity index is 1090. The number of non-ortho nitro benzene ring substituents is 1. The largest absolute Gasteiger partial charge is 0.375 e. The topological polar surface area (TPSA) is 167 Å². The van der Waals surface area contributed by atoms with Gasteiger partial charge in [-0.2, -0.15) is 5.26 Å². The van der Waals surface area contributed by atoms with Crippen LogP contribution in [-0.4, -0.2) is 29.3 Å². The van der Waals surface area contributed by atoms with E-state index in [4.69, 9.17) is 0 Å². The fourth-order valence-electron chi connectivity index (χ4n) is 2.46. The van der Waals surface area contributed by atoms with Crippen LogP contribution in [-0.2, 0) is 4.79 Å². The standard InChI is InChI=1S/C18H17N7O5/c1-4-23(3)13-5-6-15(16(8-13)20-11(2)26)21-22-18-12(10-19)7-14(24(27)28)9-17(18)25(29)30/h5-9H,4H2,1-3H3,(H,20,26). The molecule has 12 nitrogen and oxygen atoms in total. The lowest BCUT2D eigenvalue weighted by molar-refractivity contribution is -0.393. The highest BCUT2D eigenvalue weighted by atomic mass is 16.6. The van der Waals surface area contributed by atoms with E-state index in [1.165, 1.54) is 6.92 Å². The van der Waals surface area contributed by atoms with E-state index in [9.17, 15) is 30.3 Å². The molecule has 0 saturated heterocycles. The molecule has 0 fully saturated rings. The smallest absolute Gasteiger partial charge is 0.304 e. The van der Waals surface area contributed by atoms with Gasteiger partial charge in [0.25, 0.3) is 5.69 Å². The zero-order chi connectivity index (χ0) is 22.4. The van der Waals surface area contributed by atoms with E-state index in [1.54, 1.807) is 24.3 Å². The molecule has 0 radical (unpaired) electrons. The van der Waals surface area contributed by atoms with E-state index in [2.05, 4.69) is 15.5 Å². The predicted molar refractivity (Wildman–Crippen MR) is 108 cm³/mol. The molecule has 0 aliphatic rings. The predicted octanol–water partition coefficient (Wildman–Crippen LogP) is 4.20. The maximum atomic E-state index is 11.5. The lowest BCUT2D eigenvalue weighted by atomic mass is 10.1. The monoisotopic (exact) mass is 411 g/mol. The molecule has 1 amide bonds. The van der Waals surface area contributed by atoms with Crippen molar-refractivity contribution in [2.24, 2.45) is 10.2 Å². The van der Waals surface area contributed by atoms with Gasteiger partial charge in [0, 0.05) is 32.3 Å². The number of azo groups is 1. The zero-order valence-electron chi connectivity index (χ0n) is 16.3. The first-order valence-electron chi connectivity index (χ1n) is 8.59. The molecule has 0 aromatic heterocycles. The molecular formula is C18H17N7O5. The second-order valence-corrected chi connectivity index (χ2v) is 6.08. The maximum Gasteiger partial charge on any atom is 0.304 e. The van der Waals surface area contributed by atoms with Crippen LogP contribution >= 0.6 is 0 Å². The first kappa shape index (κ1) is 21.9. The molecule has 0 atom stereocenters. The van der Waals surface area contributed by atoms with Crippen molar-refractivity contribution in [3.05, 3.63) is 56.1 Å². The number of nitrogens with one attached hydrogen (secondary N) is 1. The minimum atomic E-state index is -0.879. The normalized spacial score (nSPS) is 10.5. The van der Waals surface area contributed by atoms with Gasteiger partial charge in [-0.05, 0) is 25.1 Å². The SMILES string of the molecule is CCN(C)c1ccc(N=Nc2c(C#N)cc([N+](=O)[O-])cc2[N+](=O)[O-])c(NC(C)=O)c1. The molecule has 0 aliphatic carbocycles. The molecule has 0 heterocycles. The Morgan fingerprint density at radius 3 is 2.43 bits per heavy atom. The summed E-state index contributed by atoms with van der Waals surface area (Å²) in [5, 5.41) is 42.0. The summed E-state index contributed by atoms with van der Waals surface area (Å²) in [5.41, 5.74) is -0.836. The molecule has 0 unspecified atom stereocenters. The van der Waals surface area contributed by atoms with Gasteiger partial charge in [0.05, 0.1) is 27.2 Å². The molecule has 0 saturated carbocycles. The van der Waals surface area contributed by atoms with E-state index >= 15 is 0 Å². The number of nitro benzene ring substituents is 2. The van der Waals surface area contributed by atoms with E-state index in [0.717, 1.165) is 11.8 Å². The van der Waals surface area contributed by atoms with Gasteiger partial charge in [0.1, 0.15) is 11.8 Å². The first-order chi connectivity index (χ1) is 14.2. The lowest BCUT2D eigenvalue weighted by Gasteiger charge is -2.18. The van der Waals surface area contributed by atoms with Gasteiger partial charge in [0.15, 0.2) is 5.69 Å². The molecule has 0 spiro atoms. The van der Waals surface area contributed by atoms with Crippen LogP contribution < -0.4 is 10.2 Å². The van der Waals surface area contributed by atoms with Crippen LogP contribution in [0.2, 0.25) is 0 Å². The van der Waals surface area contributed by atoms with E-state index in [1.807, 2.05) is 18.9 Å². The number of nitrogens with zero attached hydrogens (tertiary/aromatic N) is 6. The average molecular weight is 411 g/mol. The molecular weight excluding hydrogens is 394 g/mol. The summed E-state index contributed by atoms with van der Waals surface area (Å²) in [6, 6.07) is 8.20. The van der Waals surface area contributed by atoms with E-state index in [0.29, 0.717) is 18.3 Å². The number of anilines is 2. The Morgan fingerprint density at radius 1 is 1.20 bits per heavy atom. The quantitative estimate of drug-likeness (QED) is 0.404. The van der Waals surface area contributed by atoms with Gasteiger partial charge >= 0.3 is 5.69 Å². The number of carbonyl (C=O) groups excluding carboxylic acids is 1. The van der Waals surface area contributed by atoms with Crippen molar-refractivity contribution in [1.29, 1.82) is 5.26 Å². The van der Waals surface area contributed by atoms with E-state index in [-0.39, 0.29) is 17.2 Å². The van der Waals surface area contributed by atoms with Crippen molar-refractivity contribution in [2.75, 3.05) is 23.8 Å². The summed E-state index contributed by atoms with van der Waals surface area (Å²) in [4.78, 5) is 34.1. The molecule has 154 valence electrons. The molecule has 0 bridgehead atoms. The number of benzene rings is 2. The Morgan fingerprint density at radius 2 is 1.90 bits per heavy atom. The van der Waals surface area contributed by atoms with Crippen LogP contribution in [0.15, 0.2) is 40.6 Å². The molecule has 2 aromatic carbocycles. The highest BCUT2D eigenvalue weighted by Crippen LogP contribution is 2.38. The Hall–Kier alpha value is -4.40. The third-order valence-corrected chi connectivity index (χ3v) is 4.07. The van der Waals surface area contributed by atoms with Crippen LogP contribution in [0.25, 0.3) is 0 Å². The summed E-state index contributed by atoms with van der Waals surface area (Å²) in [5.74, 6) is -0.359. The number of nitriles is 1. The number of carbonyl (C=O) groups is 1. The van der Waals surface area contributed by atoms with Crippen LogP contribution in [0, 0.1) is 31.6 Å². The van der Waals surface area contributed by atoms with Gasteiger partial charge in [-0.1, -0.05) is 0 Å². The van der Waals surface area contributed by atoms with Gasteiger partial charge in [-0.15, -0.1) is 10.2 Å². The molecule has 0 aliphatic heterocycles. The van der Waals surface area contributed by atoms with Gasteiger partial charge < -0.3 is 10.2 Å². The Labute approximate surface area is 170 Å². The van der Waals surface area contributed by atoms with Gasteiger partial charge in [0.2, 0.25) is 5.91 Å². The Kier molecular flexibility index (Phi) is 6.71. The summed E-state index contributed by atoms with van der Waals surface area (Å²) in [6.07, 6.45) is 0. The second-order valence-electron chi connectivity index (χ2n) is 6.08. The van der Waals surface area contributed by atoms with Crippen molar-refractivity contribution in [1.82, 2.24) is 0 Å². The second kappa shape index (κ2) is 9.20. The third kappa shape index (κ3) is 4.90. The number of amides is 1. The highest BCUT2D eigenvalue weighted by Gasteiger charge is 2.24. The van der Waals surface area contributed by atoms with Crippen LogP contribution in [0.3, 0.4) is 0 Å². The average Bonchev–Trinajstić information content (AvgIpc) is 2.70. The van der Waals surface area contributed by atoms with Crippen LogP contribution in [0.1, 0.15) is 19.4 Å². The van der Waals surface area contributed by atoms with Gasteiger partial charge in [-0.3, -0.25) is 25.0 Å². The van der Waals surface area contributed by atoms with Gasteiger partial charge in [-0.25, -0.2) is 0 Å². The fraction of sp³-hybridized carbons (Fsp3) is 0.222. The molecule has 2 aromatic rings. The zero-order valence-corrected chi connectivity index (χ0v) is 16.3. The maximum absolute atomic E-state index is 11.5. The fourth-order valence-corrected chi connectivity index (χ4v) is 2.46. The number of hydrogen-bond acceptors (Lipinski definition) is 9. The Balaban J connectivity index is 2.61. The summed E-state index contributed by atoms with van der Waals surface area (Å²) < 4.78 is 0. The number of hydrogen-bond donors (Lipinski definition) is 1. The van der Waals surface area contributed by atoms with Crippen molar-refractivity contribution in [3.63, 3.8) is 0 Å². The number of nitro groups is 2. The molecule has 12 heteroatoms. The summed E-state index contributed by atoms with van der Waals surface area (Å²) in [6.45, 7) is 3.97. The van der Waals surface area contributed by atoms with Crippen molar-refractivity contribution in [3.8, 4) is 6.07 Å². The molecule has 30 heavy (non-hydrogen) atoms.